The molecule has 2 rings (SSSR count). The highest BCUT2D eigenvalue weighted by molar-refractivity contribution is 5.77. The zero-order valence-corrected chi connectivity index (χ0v) is 12.4. The van der Waals surface area contributed by atoms with Gasteiger partial charge in [0, 0.05) is 25.6 Å². The number of nitrogens with zero attached hydrogens (tertiary/aromatic N) is 1. The predicted molar refractivity (Wildman–Crippen MR) is 74.4 cm³/mol. The fourth-order valence-corrected chi connectivity index (χ4v) is 4.27. The van der Waals surface area contributed by atoms with Crippen molar-refractivity contribution >= 4 is 5.91 Å². The van der Waals surface area contributed by atoms with E-state index in [1.54, 1.807) is 0 Å². The minimum atomic E-state index is 0.349. The molecule has 0 radical (unpaired) electrons. The smallest absolute Gasteiger partial charge is 0.224 e. The molecule has 1 saturated carbocycles. The molecule has 18 heavy (non-hydrogen) atoms. The lowest BCUT2D eigenvalue weighted by Crippen LogP contribution is -2.38. The molecule has 2 fully saturated rings. The number of fused-ring (bicyclic) bond motifs is 2. The van der Waals surface area contributed by atoms with Crippen LogP contribution in [0.2, 0.25) is 0 Å². The van der Waals surface area contributed by atoms with Crippen LogP contribution in [-0.4, -0.2) is 36.5 Å². The van der Waals surface area contributed by atoms with Crippen LogP contribution in [0.3, 0.4) is 0 Å². The Balaban J connectivity index is 1.98. The summed E-state index contributed by atoms with van der Waals surface area (Å²) in [5, 5.41) is 3.24. The largest absolute Gasteiger partial charge is 0.339 e. The molecule has 2 aliphatic rings. The summed E-state index contributed by atoms with van der Waals surface area (Å²) >= 11 is 0. The normalized spacial score (nSPS) is 33.8. The van der Waals surface area contributed by atoms with Gasteiger partial charge in [0.05, 0.1) is 0 Å². The first-order chi connectivity index (χ1) is 8.35. The van der Waals surface area contributed by atoms with Gasteiger partial charge >= 0.3 is 0 Å². The Hall–Kier alpha value is -0.570. The maximum absolute atomic E-state index is 12.3. The molecular formula is C15H28N2O. The van der Waals surface area contributed by atoms with Crippen molar-refractivity contribution in [3.05, 3.63) is 0 Å². The van der Waals surface area contributed by atoms with Crippen molar-refractivity contribution in [2.45, 2.75) is 59.4 Å². The third-order valence-electron chi connectivity index (χ3n) is 4.50. The molecule has 2 bridgehead atoms. The second-order valence-electron chi connectivity index (χ2n) is 7.34. The molecule has 3 heteroatoms. The minimum absolute atomic E-state index is 0.349. The predicted octanol–water partition coefficient (Wildman–Crippen LogP) is 2.41. The van der Waals surface area contributed by atoms with Crippen LogP contribution >= 0.6 is 0 Å². The van der Waals surface area contributed by atoms with E-state index in [0.717, 1.165) is 19.6 Å². The van der Waals surface area contributed by atoms with Gasteiger partial charge in [-0.15, -0.1) is 0 Å². The van der Waals surface area contributed by atoms with E-state index in [0.29, 0.717) is 29.2 Å². The lowest BCUT2D eigenvalue weighted by molar-refractivity contribution is -0.132. The third-order valence-corrected chi connectivity index (χ3v) is 4.50. The van der Waals surface area contributed by atoms with Crippen LogP contribution in [0.5, 0.6) is 0 Å². The SMILES string of the molecule is CCNCCC(=O)N1CC2(C)CC1CC(C)(C)C2. The lowest BCUT2D eigenvalue weighted by Gasteiger charge is -2.39. The molecule has 2 atom stereocenters. The van der Waals surface area contributed by atoms with Gasteiger partial charge in [-0.1, -0.05) is 27.7 Å². The van der Waals surface area contributed by atoms with Crippen LogP contribution < -0.4 is 5.32 Å². The fraction of sp³-hybridized carbons (Fsp3) is 0.933. The summed E-state index contributed by atoms with van der Waals surface area (Å²) < 4.78 is 0. The van der Waals surface area contributed by atoms with E-state index in [1.807, 2.05) is 0 Å². The van der Waals surface area contributed by atoms with Gasteiger partial charge < -0.3 is 10.2 Å². The van der Waals surface area contributed by atoms with Crippen molar-refractivity contribution in [1.82, 2.24) is 10.2 Å². The van der Waals surface area contributed by atoms with Crippen LogP contribution in [0, 0.1) is 10.8 Å². The molecule has 1 amide bonds. The molecule has 1 saturated heterocycles. The summed E-state index contributed by atoms with van der Waals surface area (Å²) in [7, 11) is 0. The molecule has 1 N–H and O–H groups in total. The molecule has 104 valence electrons. The number of likely N-dealkylation sites (tertiary alicyclic amines) is 1. The zero-order valence-electron chi connectivity index (χ0n) is 12.4. The van der Waals surface area contributed by atoms with Gasteiger partial charge in [0.25, 0.3) is 0 Å². The summed E-state index contributed by atoms with van der Waals surface area (Å²) in [6, 6.07) is 0.493. The number of nitrogens with one attached hydrogen (secondary N) is 1. The summed E-state index contributed by atoms with van der Waals surface area (Å²) in [5.41, 5.74) is 0.759. The first-order valence-corrected chi connectivity index (χ1v) is 7.35. The summed E-state index contributed by atoms with van der Waals surface area (Å²) in [6.07, 6.45) is 4.30. The van der Waals surface area contributed by atoms with Crippen molar-refractivity contribution in [2.75, 3.05) is 19.6 Å². The number of carbonyl (C=O) groups excluding carboxylic acids is 1. The van der Waals surface area contributed by atoms with Crippen LogP contribution in [-0.2, 0) is 4.79 Å². The fourth-order valence-electron chi connectivity index (χ4n) is 4.27. The maximum atomic E-state index is 12.3. The highest BCUT2D eigenvalue weighted by Crippen LogP contribution is 2.52. The van der Waals surface area contributed by atoms with E-state index in [2.05, 4.69) is 37.9 Å². The Bertz CT molecular complexity index is 326. The first-order valence-electron chi connectivity index (χ1n) is 7.35. The van der Waals surface area contributed by atoms with E-state index in [9.17, 15) is 4.79 Å². The first kappa shape index (κ1) is 13.9. The molecular weight excluding hydrogens is 224 g/mol. The molecule has 1 aliphatic carbocycles. The number of amides is 1. The Kier molecular flexibility index (Phi) is 3.72. The second kappa shape index (κ2) is 4.84. The highest BCUT2D eigenvalue weighted by Gasteiger charge is 2.50. The molecule has 0 aromatic carbocycles. The third kappa shape index (κ3) is 2.87. The molecule has 2 unspecified atom stereocenters. The van der Waals surface area contributed by atoms with Gasteiger partial charge in [-0.05, 0) is 36.6 Å². The molecule has 0 spiro atoms. The topological polar surface area (TPSA) is 32.3 Å². The number of rotatable bonds is 4. The van der Waals surface area contributed by atoms with Crippen LogP contribution in [0.15, 0.2) is 0 Å². The van der Waals surface area contributed by atoms with Gasteiger partial charge in [-0.3, -0.25) is 4.79 Å². The van der Waals surface area contributed by atoms with Crippen molar-refractivity contribution in [2.24, 2.45) is 10.8 Å². The van der Waals surface area contributed by atoms with Crippen LogP contribution in [0.25, 0.3) is 0 Å². The summed E-state index contributed by atoms with van der Waals surface area (Å²) in [4.78, 5) is 14.5. The monoisotopic (exact) mass is 252 g/mol. The second-order valence-corrected chi connectivity index (χ2v) is 7.34. The molecule has 1 aliphatic heterocycles. The van der Waals surface area contributed by atoms with Gasteiger partial charge in [-0.2, -0.15) is 0 Å². The Morgan fingerprint density at radius 2 is 2.06 bits per heavy atom. The summed E-state index contributed by atoms with van der Waals surface area (Å²) in [6.45, 7) is 11.9. The van der Waals surface area contributed by atoms with Gasteiger partial charge in [0.15, 0.2) is 0 Å². The van der Waals surface area contributed by atoms with E-state index < -0.39 is 0 Å². The number of hydrogen-bond donors (Lipinski definition) is 1. The highest BCUT2D eigenvalue weighted by atomic mass is 16.2. The van der Waals surface area contributed by atoms with Crippen molar-refractivity contribution < 1.29 is 4.79 Å². The Morgan fingerprint density at radius 1 is 1.33 bits per heavy atom. The van der Waals surface area contributed by atoms with Gasteiger partial charge in [0.2, 0.25) is 5.91 Å². The standard InChI is InChI=1S/C15H28N2O/c1-5-16-7-6-13(18)17-11-15(4)9-12(17)8-14(2,3)10-15/h12,16H,5-11H2,1-4H3. The molecule has 1 heterocycles. The Labute approximate surface area is 111 Å². The molecule has 0 aromatic rings. The lowest BCUT2D eigenvalue weighted by atomic mass is 9.65. The Morgan fingerprint density at radius 3 is 2.72 bits per heavy atom. The summed E-state index contributed by atoms with van der Waals surface area (Å²) in [5.74, 6) is 0.349. The van der Waals surface area contributed by atoms with E-state index in [1.165, 1.54) is 19.3 Å². The number of carbonyl (C=O) groups is 1. The van der Waals surface area contributed by atoms with Crippen molar-refractivity contribution in [3.8, 4) is 0 Å². The van der Waals surface area contributed by atoms with E-state index in [-0.39, 0.29) is 0 Å². The number of hydrogen-bond acceptors (Lipinski definition) is 2. The van der Waals surface area contributed by atoms with E-state index in [4.69, 9.17) is 0 Å². The van der Waals surface area contributed by atoms with Crippen LogP contribution in [0.1, 0.15) is 53.4 Å². The van der Waals surface area contributed by atoms with Gasteiger partial charge in [-0.25, -0.2) is 0 Å². The maximum Gasteiger partial charge on any atom is 0.224 e. The quantitative estimate of drug-likeness (QED) is 0.779. The average Bonchev–Trinajstić information content (AvgIpc) is 2.48. The van der Waals surface area contributed by atoms with Crippen molar-refractivity contribution in [1.29, 1.82) is 0 Å². The molecule has 0 aromatic heterocycles. The van der Waals surface area contributed by atoms with Gasteiger partial charge in [0.1, 0.15) is 0 Å². The van der Waals surface area contributed by atoms with Crippen molar-refractivity contribution in [3.63, 3.8) is 0 Å². The molecule has 3 nitrogen and oxygen atoms in total. The van der Waals surface area contributed by atoms with Crippen LogP contribution in [0.4, 0.5) is 0 Å². The van der Waals surface area contributed by atoms with E-state index >= 15 is 0 Å². The zero-order chi connectivity index (χ0) is 13.4. The average molecular weight is 252 g/mol. The minimum Gasteiger partial charge on any atom is -0.339 e.